The molecule has 4 heteroatoms. The van der Waals surface area contributed by atoms with E-state index < -0.39 is 0 Å². The van der Waals surface area contributed by atoms with Gasteiger partial charge in [0, 0.05) is 11.3 Å². The molecule has 1 aliphatic heterocycles. The van der Waals surface area contributed by atoms with Gasteiger partial charge in [-0.05, 0) is 38.9 Å². The number of carbonyl (C=O) groups excluding carboxylic acids is 1. The average Bonchev–Trinajstić information content (AvgIpc) is 2.67. The molecule has 0 aromatic heterocycles. The number of hydrogen-bond donors (Lipinski definition) is 1. The molecule has 1 N–H and O–H groups in total. The fraction of sp³-hybridized carbons (Fsp3) is 0.923. The lowest BCUT2D eigenvalue weighted by molar-refractivity contribution is -0.134. The minimum absolute atomic E-state index is 0.312. The van der Waals surface area contributed by atoms with Crippen molar-refractivity contribution in [1.29, 1.82) is 0 Å². The van der Waals surface area contributed by atoms with E-state index in [0.717, 1.165) is 18.3 Å². The first-order valence-corrected chi connectivity index (χ1v) is 7.98. The van der Waals surface area contributed by atoms with Gasteiger partial charge in [0.1, 0.15) is 0 Å². The Kier molecular flexibility index (Phi) is 4.03. The summed E-state index contributed by atoms with van der Waals surface area (Å²) in [6.45, 7) is 4.86. The summed E-state index contributed by atoms with van der Waals surface area (Å²) < 4.78 is 0. The second kappa shape index (κ2) is 5.19. The van der Waals surface area contributed by atoms with Crippen molar-refractivity contribution in [2.75, 3.05) is 12.9 Å². The fourth-order valence-electron chi connectivity index (χ4n) is 2.91. The largest absolute Gasteiger partial charge is 0.325 e. The van der Waals surface area contributed by atoms with Crippen molar-refractivity contribution >= 4 is 17.7 Å². The molecule has 2 aliphatic rings. The van der Waals surface area contributed by atoms with Gasteiger partial charge in [-0.25, -0.2) is 0 Å². The summed E-state index contributed by atoms with van der Waals surface area (Å²) in [5, 5.41) is 4.13. The van der Waals surface area contributed by atoms with Crippen LogP contribution in [0.3, 0.4) is 0 Å². The second-order valence-corrected chi connectivity index (χ2v) is 6.61. The Hall–Kier alpha value is -0.220. The maximum absolute atomic E-state index is 12.4. The number of rotatable bonds is 3. The van der Waals surface area contributed by atoms with E-state index in [1.807, 2.05) is 18.7 Å². The first-order chi connectivity index (χ1) is 8.10. The second-order valence-electron chi connectivity index (χ2n) is 5.47. The van der Waals surface area contributed by atoms with Crippen molar-refractivity contribution in [3.8, 4) is 0 Å². The maximum atomic E-state index is 12.4. The normalized spacial score (nSPS) is 38.8. The molecular formula is C13H24N2OS. The summed E-state index contributed by atoms with van der Waals surface area (Å²) in [5.41, 5.74) is -0.313. The highest BCUT2D eigenvalue weighted by molar-refractivity contribution is 7.99. The van der Waals surface area contributed by atoms with Gasteiger partial charge in [0.2, 0.25) is 5.91 Å². The highest BCUT2D eigenvalue weighted by Crippen LogP contribution is 2.32. The summed E-state index contributed by atoms with van der Waals surface area (Å²) in [7, 11) is 0. The van der Waals surface area contributed by atoms with Crippen LogP contribution in [-0.2, 0) is 4.79 Å². The van der Waals surface area contributed by atoms with Crippen molar-refractivity contribution in [2.24, 2.45) is 0 Å². The zero-order valence-corrected chi connectivity index (χ0v) is 12.0. The number of nitrogens with one attached hydrogen (secondary N) is 1. The van der Waals surface area contributed by atoms with Gasteiger partial charge in [0.25, 0.3) is 0 Å². The molecule has 3 unspecified atom stereocenters. The molecule has 0 radical (unpaired) electrons. The smallest absolute Gasteiger partial charge is 0.243 e. The molecule has 2 fully saturated rings. The Labute approximate surface area is 109 Å². The minimum Gasteiger partial charge on any atom is -0.325 e. The lowest BCUT2D eigenvalue weighted by Crippen LogP contribution is -2.46. The molecule has 2 rings (SSSR count). The molecule has 1 amide bonds. The van der Waals surface area contributed by atoms with Gasteiger partial charge >= 0.3 is 0 Å². The summed E-state index contributed by atoms with van der Waals surface area (Å²) in [4.78, 5) is 14.5. The van der Waals surface area contributed by atoms with Crippen molar-refractivity contribution < 1.29 is 4.79 Å². The lowest BCUT2D eigenvalue weighted by Gasteiger charge is -2.35. The van der Waals surface area contributed by atoms with Gasteiger partial charge in [-0.2, -0.15) is 11.8 Å². The van der Waals surface area contributed by atoms with Crippen LogP contribution in [-0.4, -0.2) is 40.6 Å². The highest BCUT2D eigenvalue weighted by atomic mass is 32.2. The number of carbonyl (C=O) groups is 1. The molecule has 0 aromatic carbocycles. The van der Waals surface area contributed by atoms with Gasteiger partial charge in [-0.15, -0.1) is 0 Å². The molecule has 1 saturated heterocycles. The van der Waals surface area contributed by atoms with E-state index in [-0.39, 0.29) is 5.54 Å². The summed E-state index contributed by atoms with van der Waals surface area (Å²) in [6, 6.07) is 0.467. The van der Waals surface area contributed by atoms with E-state index in [1.54, 1.807) is 0 Å². The molecule has 0 spiro atoms. The number of hydrogen-bond acceptors (Lipinski definition) is 3. The van der Waals surface area contributed by atoms with E-state index in [4.69, 9.17) is 0 Å². The van der Waals surface area contributed by atoms with Crippen LogP contribution in [0.25, 0.3) is 0 Å². The minimum atomic E-state index is -0.313. The predicted octanol–water partition coefficient (Wildman–Crippen LogP) is 2.22. The van der Waals surface area contributed by atoms with Crippen LogP contribution in [0.2, 0.25) is 0 Å². The van der Waals surface area contributed by atoms with Crippen LogP contribution in [0.1, 0.15) is 46.0 Å². The van der Waals surface area contributed by atoms with Crippen LogP contribution in [0, 0.1) is 0 Å². The molecule has 1 heterocycles. The van der Waals surface area contributed by atoms with Crippen LogP contribution in [0.15, 0.2) is 0 Å². The van der Waals surface area contributed by atoms with Gasteiger partial charge < -0.3 is 4.90 Å². The topological polar surface area (TPSA) is 32.3 Å². The summed E-state index contributed by atoms with van der Waals surface area (Å²) in [5.74, 6) is 0.312. The summed E-state index contributed by atoms with van der Waals surface area (Å²) in [6.07, 6.45) is 8.01. The average molecular weight is 256 g/mol. The van der Waals surface area contributed by atoms with Crippen molar-refractivity contribution in [2.45, 2.75) is 62.8 Å². The molecule has 3 nitrogen and oxygen atoms in total. The molecule has 0 bridgehead atoms. The SMILES string of the molecule is CCC1(C)NCN(C2CCCC(SC)C2)C1=O. The Morgan fingerprint density at radius 3 is 2.88 bits per heavy atom. The van der Waals surface area contributed by atoms with Crippen LogP contribution >= 0.6 is 11.8 Å². The maximum Gasteiger partial charge on any atom is 0.243 e. The highest BCUT2D eigenvalue weighted by Gasteiger charge is 2.44. The quantitative estimate of drug-likeness (QED) is 0.840. The fourth-order valence-corrected chi connectivity index (χ4v) is 3.73. The third-order valence-corrected chi connectivity index (χ3v) is 5.55. The number of amides is 1. The molecular weight excluding hydrogens is 232 g/mol. The molecule has 1 saturated carbocycles. The Morgan fingerprint density at radius 1 is 1.53 bits per heavy atom. The molecule has 98 valence electrons. The number of thioether (sulfide) groups is 1. The molecule has 17 heavy (non-hydrogen) atoms. The Bertz CT molecular complexity index is 297. The standard InChI is InChI=1S/C13H24N2OS/c1-4-13(2)12(16)15(9-14-13)10-6-5-7-11(8-10)17-3/h10-11,14H,4-9H2,1-3H3. The Balaban J connectivity index is 2.01. The molecule has 3 atom stereocenters. The van der Waals surface area contributed by atoms with Crippen molar-refractivity contribution in [3.05, 3.63) is 0 Å². The third-order valence-electron chi connectivity index (χ3n) is 4.45. The van der Waals surface area contributed by atoms with Gasteiger partial charge in [-0.1, -0.05) is 13.3 Å². The Morgan fingerprint density at radius 2 is 2.29 bits per heavy atom. The van der Waals surface area contributed by atoms with Crippen molar-refractivity contribution in [3.63, 3.8) is 0 Å². The van der Waals surface area contributed by atoms with Gasteiger partial charge in [-0.3, -0.25) is 10.1 Å². The molecule has 1 aliphatic carbocycles. The van der Waals surface area contributed by atoms with Crippen LogP contribution in [0.5, 0.6) is 0 Å². The zero-order chi connectivity index (χ0) is 12.5. The lowest BCUT2D eigenvalue weighted by atomic mass is 9.92. The summed E-state index contributed by atoms with van der Waals surface area (Å²) >= 11 is 1.96. The van der Waals surface area contributed by atoms with Crippen LogP contribution in [0.4, 0.5) is 0 Å². The third kappa shape index (κ3) is 2.48. The predicted molar refractivity (Wildman–Crippen MR) is 73.1 cm³/mol. The van der Waals surface area contributed by atoms with Crippen molar-refractivity contribution in [1.82, 2.24) is 10.2 Å². The van der Waals surface area contributed by atoms with E-state index in [1.165, 1.54) is 25.7 Å². The van der Waals surface area contributed by atoms with Crippen LogP contribution < -0.4 is 5.32 Å². The molecule has 0 aromatic rings. The van der Waals surface area contributed by atoms with Gasteiger partial charge in [0.05, 0.1) is 12.2 Å². The first kappa shape index (κ1) is 13.2. The van der Waals surface area contributed by atoms with Gasteiger partial charge in [0.15, 0.2) is 0 Å². The van der Waals surface area contributed by atoms with E-state index >= 15 is 0 Å². The van der Waals surface area contributed by atoms with E-state index in [0.29, 0.717) is 11.9 Å². The zero-order valence-electron chi connectivity index (χ0n) is 11.2. The van der Waals surface area contributed by atoms with E-state index in [2.05, 4.69) is 23.4 Å². The number of nitrogens with zero attached hydrogens (tertiary/aromatic N) is 1. The monoisotopic (exact) mass is 256 g/mol. The first-order valence-electron chi connectivity index (χ1n) is 6.69. The van der Waals surface area contributed by atoms with E-state index in [9.17, 15) is 4.79 Å².